The Bertz CT molecular complexity index is 372. The van der Waals surface area contributed by atoms with E-state index in [9.17, 15) is 5.11 Å². The first-order chi connectivity index (χ1) is 7.06. The average Bonchev–Trinajstić information content (AvgIpc) is 2.18. The van der Waals surface area contributed by atoms with Crippen molar-refractivity contribution in [2.24, 2.45) is 5.73 Å². The molecule has 0 bridgehead atoms. The third-order valence-corrected chi connectivity index (χ3v) is 2.53. The highest BCUT2D eigenvalue weighted by Gasteiger charge is 2.08. The summed E-state index contributed by atoms with van der Waals surface area (Å²) in [6.07, 6.45) is 3.55. The van der Waals surface area contributed by atoms with Crippen molar-refractivity contribution >= 4 is 17.7 Å². The fourth-order valence-corrected chi connectivity index (χ4v) is 1.75. The Balaban J connectivity index is 3.13. The van der Waals surface area contributed by atoms with Gasteiger partial charge in [0.15, 0.2) is 0 Å². The number of hydrogen-bond acceptors (Lipinski definition) is 2. The molecule has 0 aliphatic heterocycles. The van der Waals surface area contributed by atoms with Crippen LogP contribution in [0.25, 0.3) is 6.08 Å². The third-order valence-electron chi connectivity index (χ3n) is 2.20. The molecular weight excluding hydrogens is 210 g/mol. The molecule has 0 spiro atoms. The van der Waals surface area contributed by atoms with Crippen LogP contribution < -0.4 is 5.73 Å². The van der Waals surface area contributed by atoms with Crippen LogP contribution in [-0.2, 0) is 0 Å². The summed E-state index contributed by atoms with van der Waals surface area (Å²) in [5.41, 5.74) is 7.00. The molecule has 15 heavy (non-hydrogen) atoms. The number of halogens is 1. The van der Waals surface area contributed by atoms with E-state index in [2.05, 4.69) is 0 Å². The van der Waals surface area contributed by atoms with E-state index in [4.69, 9.17) is 17.3 Å². The van der Waals surface area contributed by atoms with Crippen LogP contribution in [0.15, 0.2) is 18.2 Å². The molecule has 0 radical (unpaired) electrons. The minimum Gasteiger partial charge on any atom is -0.507 e. The summed E-state index contributed by atoms with van der Waals surface area (Å²) < 4.78 is 0. The van der Waals surface area contributed by atoms with Gasteiger partial charge in [-0.05, 0) is 23.6 Å². The molecule has 0 heterocycles. The maximum Gasteiger partial charge on any atom is 0.123 e. The predicted molar refractivity (Wildman–Crippen MR) is 65.3 cm³/mol. The molecular formula is C12H16ClNO. The Hall–Kier alpha value is -0.990. The van der Waals surface area contributed by atoms with E-state index in [1.165, 1.54) is 0 Å². The van der Waals surface area contributed by atoms with Crippen LogP contribution in [0.4, 0.5) is 0 Å². The second-order valence-corrected chi connectivity index (χ2v) is 4.13. The topological polar surface area (TPSA) is 46.2 Å². The van der Waals surface area contributed by atoms with Crippen molar-refractivity contribution in [1.29, 1.82) is 0 Å². The summed E-state index contributed by atoms with van der Waals surface area (Å²) in [6, 6.07) is 3.47. The molecule has 0 unspecified atom stereocenters. The van der Waals surface area contributed by atoms with E-state index in [0.29, 0.717) is 23.0 Å². The lowest BCUT2D eigenvalue weighted by atomic mass is 10.0. The molecule has 82 valence electrons. The molecule has 0 aromatic heterocycles. The monoisotopic (exact) mass is 225 g/mol. The molecule has 1 aromatic rings. The van der Waals surface area contributed by atoms with Crippen LogP contribution in [0.3, 0.4) is 0 Å². The molecule has 0 atom stereocenters. The fraction of sp³-hybridized carbons (Fsp3) is 0.333. The van der Waals surface area contributed by atoms with E-state index in [1.54, 1.807) is 24.3 Å². The van der Waals surface area contributed by atoms with Gasteiger partial charge in [-0.25, -0.2) is 0 Å². The normalized spacial score (nSPS) is 11.5. The number of phenolic OH excluding ortho intramolecular Hbond substituents is 1. The highest BCUT2D eigenvalue weighted by Crippen LogP contribution is 2.31. The fourth-order valence-electron chi connectivity index (χ4n) is 1.36. The van der Waals surface area contributed by atoms with Crippen LogP contribution in [0.1, 0.15) is 30.9 Å². The number of phenols is 1. The average molecular weight is 226 g/mol. The number of benzene rings is 1. The van der Waals surface area contributed by atoms with Crippen LogP contribution in [-0.4, -0.2) is 11.7 Å². The van der Waals surface area contributed by atoms with E-state index >= 15 is 0 Å². The number of hydrogen-bond donors (Lipinski definition) is 2. The third kappa shape index (κ3) is 2.98. The lowest BCUT2D eigenvalue weighted by Gasteiger charge is -2.10. The molecule has 1 aromatic carbocycles. The standard InChI is InChI=1S/C12H16ClNO/c1-8(2)10-7-12(15)9(4-3-5-14)6-11(10)13/h3-4,6-8,15H,5,14H2,1-2H3/b4-3+. The Labute approximate surface area is 95.4 Å². The maximum absolute atomic E-state index is 9.74. The summed E-state index contributed by atoms with van der Waals surface area (Å²) in [5, 5.41) is 10.4. The Morgan fingerprint density at radius 1 is 1.47 bits per heavy atom. The second-order valence-electron chi connectivity index (χ2n) is 3.73. The lowest BCUT2D eigenvalue weighted by Crippen LogP contribution is -1.93. The zero-order chi connectivity index (χ0) is 11.4. The van der Waals surface area contributed by atoms with E-state index in [-0.39, 0.29) is 5.75 Å². The highest BCUT2D eigenvalue weighted by molar-refractivity contribution is 6.31. The van der Waals surface area contributed by atoms with Gasteiger partial charge in [0.05, 0.1) is 0 Å². The first-order valence-corrected chi connectivity index (χ1v) is 5.33. The zero-order valence-electron chi connectivity index (χ0n) is 9.00. The van der Waals surface area contributed by atoms with E-state index < -0.39 is 0 Å². The zero-order valence-corrected chi connectivity index (χ0v) is 9.75. The lowest BCUT2D eigenvalue weighted by molar-refractivity contribution is 0.473. The highest BCUT2D eigenvalue weighted by atomic mass is 35.5. The summed E-state index contributed by atoms with van der Waals surface area (Å²) >= 11 is 6.10. The summed E-state index contributed by atoms with van der Waals surface area (Å²) in [6.45, 7) is 4.52. The largest absolute Gasteiger partial charge is 0.507 e. The van der Waals surface area contributed by atoms with Gasteiger partial charge in [-0.1, -0.05) is 37.6 Å². The molecule has 0 saturated heterocycles. The maximum atomic E-state index is 9.74. The van der Waals surface area contributed by atoms with Crippen molar-refractivity contribution in [3.05, 3.63) is 34.4 Å². The van der Waals surface area contributed by atoms with Crippen molar-refractivity contribution in [2.45, 2.75) is 19.8 Å². The van der Waals surface area contributed by atoms with Crippen molar-refractivity contribution in [3.63, 3.8) is 0 Å². The first-order valence-electron chi connectivity index (χ1n) is 4.95. The Morgan fingerprint density at radius 2 is 2.13 bits per heavy atom. The molecule has 3 heteroatoms. The predicted octanol–water partition coefficient (Wildman–Crippen LogP) is 3.14. The van der Waals surface area contributed by atoms with Gasteiger partial charge in [0.2, 0.25) is 0 Å². The van der Waals surface area contributed by atoms with Gasteiger partial charge < -0.3 is 10.8 Å². The molecule has 0 amide bonds. The summed E-state index contributed by atoms with van der Waals surface area (Å²) in [7, 11) is 0. The first kappa shape index (κ1) is 12.1. The number of rotatable bonds is 3. The minimum absolute atomic E-state index is 0.243. The van der Waals surface area contributed by atoms with E-state index in [1.807, 2.05) is 13.8 Å². The van der Waals surface area contributed by atoms with Crippen LogP contribution >= 0.6 is 11.6 Å². The van der Waals surface area contributed by atoms with Gasteiger partial charge in [0.1, 0.15) is 5.75 Å². The number of nitrogens with two attached hydrogens (primary N) is 1. The van der Waals surface area contributed by atoms with Crippen LogP contribution in [0.2, 0.25) is 5.02 Å². The van der Waals surface area contributed by atoms with E-state index in [0.717, 1.165) is 5.56 Å². The van der Waals surface area contributed by atoms with Gasteiger partial charge in [-0.15, -0.1) is 0 Å². The number of aromatic hydroxyl groups is 1. The van der Waals surface area contributed by atoms with Crippen molar-refractivity contribution in [3.8, 4) is 5.75 Å². The summed E-state index contributed by atoms with van der Waals surface area (Å²) in [5.74, 6) is 0.545. The van der Waals surface area contributed by atoms with Gasteiger partial charge in [-0.3, -0.25) is 0 Å². The smallest absolute Gasteiger partial charge is 0.123 e. The van der Waals surface area contributed by atoms with Crippen LogP contribution in [0.5, 0.6) is 5.75 Å². The van der Waals surface area contributed by atoms with Gasteiger partial charge in [-0.2, -0.15) is 0 Å². The second kappa shape index (κ2) is 5.19. The SMILES string of the molecule is CC(C)c1cc(O)c(/C=C/CN)cc1Cl. The molecule has 3 N–H and O–H groups in total. The van der Waals surface area contributed by atoms with Gasteiger partial charge in [0.25, 0.3) is 0 Å². The Kier molecular flexibility index (Phi) is 4.18. The van der Waals surface area contributed by atoms with Gasteiger partial charge in [0, 0.05) is 17.1 Å². The molecule has 0 fully saturated rings. The van der Waals surface area contributed by atoms with Crippen molar-refractivity contribution in [1.82, 2.24) is 0 Å². The minimum atomic E-state index is 0.243. The molecule has 0 aliphatic carbocycles. The van der Waals surface area contributed by atoms with Crippen molar-refractivity contribution in [2.75, 3.05) is 6.54 Å². The molecule has 0 aliphatic rings. The molecule has 1 rings (SSSR count). The van der Waals surface area contributed by atoms with Crippen molar-refractivity contribution < 1.29 is 5.11 Å². The van der Waals surface area contributed by atoms with Gasteiger partial charge >= 0.3 is 0 Å². The molecule has 2 nitrogen and oxygen atoms in total. The molecule has 0 saturated carbocycles. The van der Waals surface area contributed by atoms with Crippen LogP contribution in [0, 0.1) is 0 Å². The summed E-state index contributed by atoms with van der Waals surface area (Å²) in [4.78, 5) is 0. The quantitative estimate of drug-likeness (QED) is 0.830. The Morgan fingerprint density at radius 3 is 2.67 bits per heavy atom.